The molecule has 0 saturated carbocycles. The van der Waals surface area contributed by atoms with E-state index in [1.54, 1.807) is 37.3 Å². The molecule has 0 aliphatic rings. The fraction of sp³-hybridized carbons (Fsp3) is 0.429. The van der Waals surface area contributed by atoms with Crippen molar-refractivity contribution in [3.8, 4) is 28.0 Å². The maximum atomic E-state index is 15.2. The monoisotopic (exact) mass is 632 g/mol. The number of halogens is 4. The van der Waals surface area contributed by atoms with Gasteiger partial charge < -0.3 is 9.47 Å². The highest BCUT2D eigenvalue weighted by Gasteiger charge is 2.42. The lowest BCUT2D eigenvalue weighted by molar-refractivity contribution is -0.206. The molecule has 0 N–H and O–H groups in total. The predicted molar refractivity (Wildman–Crippen MR) is 169 cm³/mol. The van der Waals surface area contributed by atoms with Gasteiger partial charge >= 0.3 is 12.1 Å². The predicted octanol–water partition coefficient (Wildman–Crippen LogP) is 10.6. The third-order valence-electron chi connectivity index (χ3n) is 7.38. The highest BCUT2D eigenvalue weighted by Crippen LogP contribution is 2.37. The highest BCUT2D eigenvalue weighted by molar-refractivity contribution is 7.97. The van der Waals surface area contributed by atoms with E-state index in [-0.39, 0.29) is 29.5 Å². The number of benzene rings is 3. The molecule has 0 radical (unpaired) electrons. The molecule has 3 rings (SSSR count). The van der Waals surface area contributed by atoms with Gasteiger partial charge in [0.05, 0.1) is 12.2 Å². The first kappa shape index (κ1) is 35.2. The normalized spacial score (nSPS) is 12.2. The molecule has 1 unspecified atom stereocenters. The number of thiol groups is 1. The van der Waals surface area contributed by atoms with Crippen LogP contribution in [0.4, 0.5) is 17.6 Å². The lowest BCUT2D eigenvalue weighted by atomic mass is 9.93. The largest absolute Gasteiger partial charge is 0.494 e. The minimum Gasteiger partial charge on any atom is -0.494 e. The van der Waals surface area contributed by atoms with E-state index in [0.29, 0.717) is 35.5 Å². The molecule has 9 heteroatoms. The Kier molecular flexibility index (Phi) is 13.8. The van der Waals surface area contributed by atoms with Gasteiger partial charge in [0.2, 0.25) is 5.12 Å². The van der Waals surface area contributed by atoms with Crippen molar-refractivity contribution < 1.29 is 36.6 Å². The summed E-state index contributed by atoms with van der Waals surface area (Å²) in [4.78, 5) is 24.2. The fourth-order valence-corrected chi connectivity index (χ4v) is 5.00. The number of carbonyl (C=O) groups is 2. The second-order valence-electron chi connectivity index (χ2n) is 10.8. The third-order valence-corrected chi connectivity index (χ3v) is 7.64. The van der Waals surface area contributed by atoms with E-state index < -0.39 is 29.2 Å². The first-order valence-electron chi connectivity index (χ1n) is 15.2. The van der Waals surface area contributed by atoms with Gasteiger partial charge in [-0.3, -0.25) is 4.79 Å². The van der Waals surface area contributed by atoms with Gasteiger partial charge in [-0.25, -0.2) is 9.18 Å². The average molecular weight is 633 g/mol. The molecule has 1 atom stereocenters. The van der Waals surface area contributed by atoms with Gasteiger partial charge in [-0.2, -0.15) is 13.2 Å². The van der Waals surface area contributed by atoms with Crippen molar-refractivity contribution >= 4 is 23.7 Å². The molecule has 0 aromatic heterocycles. The maximum absolute atomic E-state index is 15.2. The third kappa shape index (κ3) is 10.4. The van der Waals surface area contributed by atoms with Crippen LogP contribution in [-0.4, -0.2) is 30.0 Å². The number of hydrogen-bond acceptors (Lipinski definition) is 4. The Morgan fingerprint density at radius 1 is 0.750 bits per heavy atom. The van der Waals surface area contributed by atoms with E-state index in [0.717, 1.165) is 25.3 Å². The molecular formula is C35H40F4O4S. The standard InChI is InChI=1S/C35H40F4O4S/c1-3-5-7-8-9-10-11-21-42-27-18-20-28(29-19-17-26(34(41)44)22-31(29)36)30(23-27)24-13-15-25(16-14-24)33(40)43-32(12-6-4-2)35(37,38)39/h13-20,22-23,32H,3-12,21H2,1-2H3,(H,41,44). The lowest BCUT2D eigenvalue weighted by Gasteiger charge is -2.20. The van der Waals surface area contributed by atoms with Crippen molar-refractivity contribution in [2.45, 2.75) is 90.3 Å². The van der Waals surface area contributed by atoms with Crippen LogP contribution in [0.15, 0.2) is 60.7 Å². The van der Waals surface area contributed by atoms with Gasteiger partial charge in [-0.1, -0.05) is 77.0 Å². The number of carbonyl (C=O) groups excluding carboxylic acids is 2. The van der Waals surface area contributed by atoms with Crippen molar-refractivity contribution in [3.63, 3.8) is 0 Å². The summed E-state index contributed by atoms with van der Waals surface area (Å²) in [7, 11) is 0. The molecule has 0 saturated heterocycles. The Balaban J connectivity index is 1.86. The van der Waals surface area contributed by atoms with Crippen LogP contribution in [-0.2, 0) is 4.74 Å². The Labute approximate surface area is 262 Å². The minimum absolute atomic E-state index is 0.0322. The summed E-state index contributed by atoms with van der Waals surface area (Å²) >= 11 is 3.77. The first-order valence-corrected chi connectivity index (χ1v) is 15.7. The zero-order chi connectivity index (χ0) is 32.1. The number of rotatable bonds is 17. The van der Waals surface area contributed by atoms with Crippen molar-refractivity contribution in [1.82, 2.24) is 0 Å². The Morgan fingerprint density at radius 3 is 1.98 bits per heavy atom. The molecule has 0 bridgehead atoms. The molecule has 44 heavy (non-hydrogen) atoms. The molecule has 0 amide bonds. The van der Waals surface area contributed by atoms with Crippen LogP contribution in [0, 0.1) is 5.82 Å². The summed E-state index contributed by atoms with van der Waals surface area (Å²) in [6.07, 6.45) is 1.65. The molecule has 0 spiro atoms. The van der Waals surface area contributed by atoms with Crippen LogP contribution in [0.3, 0.4) is 0 Å². The molecule has 0 heterocycles. The topological polar surface area (TPSA) is 52.6 Å². The number of alkyl halides is 3. The van der Waals surface area contributed by atoms with Gasteiger partial charge in [-0.15, -0.1) is 12.6 Å². The molecule has 0 aliphatic carbocycles. The van der Waals surface area contributed by atoms with Crippen LogP contribution >= 0.6 is 12.6 Å². The van der Waals surface area contributed by atoms with Gasteiger partial charge in [0.15, 0.2) is 6.10 Å². The molecule has 3 aromatic rings. The average Bonchev–Trinajstić information content (AvgIpc) is 3.00. The van der Waals surface area contributed by atoms with E-state index in [9.17, 15) is 22.8 Å². The summed E-state index contributed by atoms with van der Waals surface area (Å²) in [6.45, 7) is 4.46. The van der Waals surface area contributed by atoms with E-state index in [1.807, 2.05) is 0 Å². The molecule has 3 aromatic carbocycles. The molecule has 238 valence electrons. The van der Waals surface area contributed by atoms with Crippen LogP contribution < -0.4 is 4.74 Å². The highest BCUT2D eigenvalue weighted by atomic mass is 32.1. The molecule has 0 aliphatic heterocycles. The quantitative estimate of drug-likeness (QED) is 0.0696. The lowest BCUT2D eigenvalue weighted by Crippen LogP contribution is -2.33. The van der Waals surface area contributed by atoms with E-state index in [1.165, 1.54) is 49.9 Å². The minimum atomic E-state index is -4.66. The summed E-state index contributed by atoms with van der Waals surface area (Å²) in [5.41, 5.74) is 2.01. The van der Waals surface area contributed by atoms with E-state index in [4.69, 9.17) is 9.47 Å². The van der Waals surface area contributed by atoms with E-state index in [2.05, 4.69) is 19.6 Å². The van der Waals surface area contributed by atoms with Crippen LogP contribution in [0.25, 0.3) is 22.3 Å². The Hall–Kier alpha value is -3.33. The van der Waals surface area contributed by atoms with Crippen LogP contribution in [0.5, 0.6) is 5.75 Å². The number of esters is 1. The Bertz CT molecular complexity index is 1370. The van der Waals surface area contributed by atoms with Crippen molar-refractivity contribution in [2.24, 2.45) is 0 Å². The van der Waals surface area contributed by atoms with Gasteiger partial charge in [0, 0.05) is 11.1 Å². The van der Waals surface area contributed by atoms with Crippen molar-refractivity contribution in [2.75, 3.05) is 6.61 Å². The zero-order valence-corrected chi connectivity index (χ0v) is 26.1. The molecule has 4 nitrogen and oxygen atoms in total. The zero-order valence-electron chi connectivity index (χ0n) is 25.2. The fourth-order valence-electron chi connectivity index (χ4n) is 4.86. The second kappa shape index (κ2) is 17.2. The smallest absolute Gasteiger partial charge is 0.425 e. The number of unbranched alkanes of at least 4 members (excludes halogenated alkanes) is 7. The molecular weight excluding hydrogens is 592 g/mol. The Morgan fingerprint density at radius 2 is 1.36 bits per heavy atom. The summed E-state index contributed by atoms with van der Waals surface area (Å²) in [6, 6.07) is 15.3. The SMILES string of the molecule is CCCCCCCCCOc1ccc(-c2ccc(C(=O)S)cc2F)c(-c2ccc(C(=O)OC(CCCC)C(F)(F)F)cc2)c1. The van der Waals surface area contributed by atoms with Crippen molar-refractivity contribution in [1.29, 1.82) is 0 Å². The van der Waals surface area contributed by atoms with E-state index >= 15 is 4.39 Å². The molecule has 0 fully saturated rings. The second-order valence-corrected chi connectivity index (χ2v) is 11.2. The van der Waals surface area contributed by atoms with Crippen molar-refractivity contribution in [3.05, 3.63) is 77.6 Å². The van der Waals surface area contributed by atoms with Gasteiger partial charge in [-0.05, 0) is 78.4 Å². The number of hydrogen-bond donors (Lipinski definition) is 1. The summed E-state index contributed by atoms with van der Waals surface area (Å²) < 4.78 is 66.2. The first-order chi connectivity index (χ1) is 21.0. The maximum Gasteiger partial charge on any atom is 0.425 e. The van der Waals surface area contributed by atoms with Crippen LogP contribution in [0.2, 0.25) is 0 Å². The van der Waals surface area contributed by atoms with Gasteiger partial charge in [0.1, 0.15) is 11.6 Å². The summed E-state index contributed by atoms with van der Waals surface area (Å²) in [5.74, 6) is -1.11. The number of ether oxygens (including phenoxy) is 2. The van der Waals surface area contributed by atoms with Gasteiger partial charge in [0.25, 0.3) is 0 Å². The van der Waals surface area contributed by atoms with Crippen LogP contribution in [0.1, 0.15) is 98.8 Å². The summed E-state index contributed by atoms with van der Waals surface area (Å²) in [5, 5.41) is -0.560.